The second-order valence-electron chi connectivity index (χ2n) is 7.19. The quantitative estimate of drug-likeness (QED) is 0.904. The molecule has 0 aromatic carbocycles. The van der Waals surface area contributed by atoms with Crippen LogP contribution in [0.5, 0.6) is 0 Å². The third-order valence-corrected chi connectivity index (χ3v) is 5.52. The minimum atomic E-state index is -0.514. The van der Waals surface area contributed by atoms with Gasteiger partial charge in [0.2, 0.25) is 0 Å². The van der Waals surface area contributed by atoms with Gasteiger partial charge in [-0.05, 0) is 19.4 Å². The van der Waals surface area contributed by atoms with Gasteiger partial charge in [-0.2, -0.15) is 0 Å². The van der Waals surface area contributed by atoms with Crippen molar-refractivity contribution in [3.8, 4) is 0 Å². The van der Waals surface area contributed by atoms with Gasteiger partial charge in [-0.15, -0.1) is 11.3 Å². The highest BCUT2D eigenvalue weighted by atomic mass is 32.1. The molecule has 2 fully saturated rings. The molecule has 1 N–H and O–H groups in total. The Hall–Kier alpha value is -0.450. The molecule has 0 radical (unpaired) electrons. The predicted octanol–water partition coefficient (Wildman–Crippen LogP) is 2.44. The number of nitrogens with zero attached hydrogens (tertiary/aromatic N) is 2. The van der Waals surface area contributed by atoms with Gasteiger partial charge in [-0.3, -0.25) is 0 Å². The molecule has 2 aliphatic heterocycles. The summed E-state index contributed by atoms with van der Waals surface area (Å²) in [5, 5.41) is 14.2. The average molecular weight is 280 g/mol. The van der Waals surface area contributed by atoms with Gasteiger partial charge < -0.3 is 10.0 Å². The normalized spacial score (nSPS) is 34.7. The van der Waals surface area contributed by atoms with Gasteiger partial charge in [-0.1, -0.05) is 20.8 Å². The Morgan fingerprint density at radius 3 is 2.95 bits per heavy atom. The minimum Gasteiger partial charge on any atom is -0.389 e. The standard InChI is InChI=1S/C15H24N2OS/c1-14(2,3)12-10-19-13(16-12)8-15(18)5-7-17-6-4-11(15)9-17/h10-11,18H,4-9H2,1-3H3. The molecule has 106 valence electrons. The van der Waals surface area contributed by atoms with Crippen molar-refractivity contribution in [2.24, 2.45) is 5.92 Å². The fourth-order valence-corrected chi connectivity index (χ4v) is 4.40. The van der Waals surface area contributed by atoms with E-state index in [4.69, 9.17) is 4.98 Å². The molecule has 19 heavy (non-hydrogen) atoms. The maximum Gasteiger partial charge on any atom is 0.0957 e. The van der Waals surface area contributed by atoms with Crippen molar-refractivity contribution in [3.63, 3.8) is 0 Å². The van der Waals surface area contributed by atoms with Gasteiger partial charge in [0.1, 0.15) is 0 Å². The first-order valence-electron chi connectivity index (χ1n) is 7.26. The Morgan fingerprint density at radius 1 is 1.47 bits per heavy atom. The van der Waals surface area contributed by atoms with Crippen LogP contribution in [0.25, 0.3) is 0 Å². The molecule has 0 spiro atoms. The van der Waals surface area contributed by atoms with Crippen LogP contribution in [0, 0.1) is 5.92 Å². The SMILES string of the molecule is CC(C)(C)c1csc(CC2(O)CCN3CCC2C3)n1. The average Bonchev–Trinajstić information content (AvgIpc) is 2.91. The number of fused-ring (bicyclic) bond motifs is 2. The van der Waals surface area contributed by atoms with Crippen LogP contribution < -0.4 is 0 Å². The van der Waals surface area contributed by atoms with Crippen LogP contribution in [0.2, 0.25) is 0 Å². The Kier molecular flexibility index (Phi) is 3.23. The first kappa shape index (κ1) is 13.5. The van der Waals surface area contributed by atoms with Gasteiger partial charge in [0, 0.05) is 36.2 Å². The van der Waals surface area contributed by atoms with Crippen LogP contribution in [0.15, 0.2) is 5.38 Å². The number of aliphatic hydroxyl groups is 1. The summed E-state index contributed by atoms with van der Waals surface area (Å²) >= 11 is 1.71. The minimum absolute atomic E-state index is 0.105. The fourth-order valence-electron chi connectivity index (χ4n) is 3.26. The molecule has 4 heteroatoms. The topological polar surface area (TPSA) is 36.4 Å². The van der Waals surface area contributed by atoms with Gasteiger partial charge in [0.15, 0.2) is 0 Å². The highest BCUT2D eigenvalue weighted by molar-refractivity contribution is 7.09. The summed E-state index contributed by atoms with van der Waals surface area (Å²) < 4.78 is 0. The summed E-state index contributed by atoms with van der Waals surface area (Å²) in [5.74, 6) is 0.447. The molecule has 1 aromatic rings. The summed E-state index contributed by atoms with van der Waals surface area (Å²) in [6.07, 6.45) is 2.79. The number of hydrogen-bond acceptors (Lipinski definition) is 4. The highest BCUT2D eigenvalue weighted by Gasteiger charge is 2.45. The summed E-state index contributed by atoms with van der Waals surface area (Å²) in [5.41, 5.74) is 0.744. The van der Waals surface area contributed by atoms with E-state index in [0.717, 1.165) is 49.6 Å². The van der Waals surface area contributed by atoms with Crippen LogP contribution in [0.1, 0.15) is 44.3 Å². The van der Waals surface area contributed by atoms with Crippen LogP contribution >= 0.6 is 11.3 Å². The molecule has 0 aliphatic carbocycles. The van der Waals surface area contributed by atoms with Crippen LogP contribution in [-0.4, -0.2) is 40.2 Å². The van der Waals surface area contributed by atoms with E-state index in [1.165, 1.54) is 0 Å². The maximum absolute atomic E-state index is 11.0. The second kappa shape index (κ2) is 4.54. The van der Waals surface area contributed by atoms with Crippen LogP contribution in [0.4, 0.5) is 0 Å². The molecule has 3 heterocycles. The third kappa shape index (κ3) is 2.58. The van der Waals surface area contributed by atoms with E-state index in [1.807, 2.05) is 0 Å². The molecule has 2 aliphatic rings. The van der Waals surface area contributed by atoms with Crippen molar-refractivity contribution in [2.45, 2.75) is 51.0 Å². The zero-order chi connectivity index (χ0) is 13.7. The van der Waals surface area contributed by atoms with E-state index < -0.39 is 5.60 Å². The van der Waals surface area contributed by atoms with Crippen molar-refractivity contribution in [1.29, 1.82) is 0 Å². The lowest BCUT2D eigenvalue weighted by molar-refractivity contribution is -0.0439. The first-order chi connectivity index (χ1) is 8.87. The lowest BCUT2D eigenvalue weighted by Crippen LogP contribution is -2.47. The van der Waals surface area contributed by atoms with E-state index in [9.17, 15) is 5.11 Å². The zero-order valence-electron chi connectivity index (χ0n) is 12.1. The Labute approximate surface area is 119 Å². The van der Waals surface area contributed by atoms with Crippen molar-refractivity contribution in [1.82, 2.24) is 9.88 Å². The van der Waals surface area contributed by atoms with Gasteiger partial charge >= 0.3 is 0 Å². The van der Waals surface area contributed by atoms with Crippen LogP contribution in [0.3, 0.4) is 0 Å². The Bertz CT molecular complexity index is 465. The monoisotopic (exact) mass is 280 g/mol. The molecule has 2 saturated heterocycles. The number of rotatable bonds is 2. The molecule has 0 amide bonds. The number of hydrogen-bond donors (Lipinski definition) is 1. The smallest absolute Gasteiger partial charge is 0.0957 e. The van der Waals surface area contributed by atoms with Gasteiger partial charge in [-0.25, -0.2) is 4.98 Å². The summed E-state index contributed by atoms with van der Waals surface area (Å²) in [6, 6.07) is 0. The zero-order valence-corrected chi connectivity index (χ0v) is 13.0. The van der Waals surface area contributed by atoms with Crippen molar-refractivity contribution >= 4 is 11.3 Å². The third-order valence-electron chi connectivity index (χ3n) is 4.67. The molecule has 2 bridgehead atoms. The molecule has 3 unspecified atom stereocenters. The van der Waals surface area contributed by atoms with Gasteiger partial charge in [0.25, 0.3) is 0 Å². The largest absolute Gasteiger partial charge is 0.389 e. The van der Waals surface area contributed by atoms with E-state index in [1.54, 1.807) is 11.3 Å². The van der Waals surface area contributed by atoms with E-state index in [2.05, 4.69) is 31.1 Å². The molecule has 0 saturated carbocycles. The van der Waals surface area contributed by atoms with Crippen molar-refractivity contribution < 1.29 is 5.11 Å². The number of aromatic nitrogens is 1. The number of piperidine rings is 1. The lowest BCUT2D eigenvalue weighted by Gasteiger charge is -2.38. The fraction of sp³-hybridized carbons (Fsp3) is 0.800. The Morgan fingerprint density at radius 2 is 2.26 bits per heavy atom. The molecular weight excluding hydrogens is 256 g/mol. The number of thiazole rings is 1. The first-order valence-corrected chi connectivity index (χ1v) is 8.14. The van der Waals surface area contributed by atoms with Crippen molar-refractivity contribution in [2.75, 3.05) is 19.6 Å². The van der Waals surface area contributed by atoms with Gasteiger partial charge in [0.05, 0.1) is 16.3 Å². The summed E-state index contributed by atoms with van der Waals surface area (Å²) in [7, 11) is 0. The summed E-state index contributed by atoms with van der Waals surface area (Å²) in [6.45, 7) is 9.86. The molecule has 3 nitrogen and oxygen atoms in total. The van der Waals surface area contributed by atoms with E-state index in [-0.39, 0.29) is 5.41 Å². The van der Waals surface area contributed by atoms with Crippen molar-refractivity contribution in [3.05, 3.63) is 16.1 Å². The summed E-state index contributed by atoms with van der Waals surface area (Å²) in [4.78, 5) is 7.22. The van der Waals surface area contributed by atoms with E-state index >= 15 is 0 Å². The lowest BCUT2D eigenvalue weighted by atomic mass is 9.80. The predicted molar refractivity (Wildman–Crippen MR) is 78.6 cm³/mol. The molecular formula is C15H24N2OS. The molecule has 3 rings (SSSR count). The molecule has 3 atom stereocenters. The second-order valence-corrected chi connectivity index (χ2v) is 8.14. The molecule has 1 aromatic heterocycles. The van der Waals surface area contributed by atoms with E-state index in [0.29, 0.717) is 5.92 Å². The Balaban J connectivity index is 1.75. The maximum atomic E-state index is 11.0. The highest BCUT2D eigenvalue weighted by Crippen LogP contribution is 2.38. The van der Waals surface area contributed by atoms with Crippen LogP contribution in [-0.2, 0) is 11.8 Å².